The highest BCUT2D eigenvalue weighted by molar-refractivity contribution is 7.10. The Morgan fingerprint density at radius 1 is 1.70 bits per heavy atom. The first-order valence-electron chi connectivity index (χ1n) is 3.00. The lowest BCUT2D eigenvalue weighted by molar-refractivity contribution is 0.398. The Kier molecular flexibility index (Phi) is 1.23. The summed E-state index contributed by atoms with van der Waals surface area (Å²) < 4.78 is 5.06. The molecule has 1 saturated heterocycles. The second kappa shape index (κ2) is 2.08. The van der Waals surface area contributed by atoms with Gasteiger partial charge in [-0.3, -0.25) is 0 Å². The molecular weight excluding hydrogens is 146 g/mol. The maximum absolute atomic E-state index is 8.40. The average molecular weight is 151 g/mol. The van der Waals surface area contributed by atoms with E-state index in [0.29, 0.717) is 0 Å². The number of hydrogen-bond acceptors (Lipinski definition) is 3. The van der Waals surface area contributed by atoms with Gasteiger partial charge in [0.1, 0.15) is 6.10 Å². The molecular formula is C7H5NOS. The van der Waals surface area contributed by atoms with Gasteiger partial charge in [0, 0.05) is 4.88 Å². The summed E-state index contributed by atoms with van der Waals surface area (Å²) >= 11 is 1.64. The molecule has 1 aliphatic heterocycles. The first kappa shape index (κ1) is 5.90. The summed E-state index contributed by atoms with van der Waals surface area (Å²) in [5, 5.41) is 10.4. The van der Waals surface area contributed by atoms with Crippen LogP contribution in [-0.4, -0.2) is 6.10 Å². The summed E-state index contributed by atoms with van der Waals surface area (Å²) in [7, 11) is 0. The van der Waals surface area contributed by atoms with Crippen LogP contribution < -0.4 is 0 Å². The number of nitrogens with zero attached hydrogens (tertiary/aromatic N) is 1. The van der Waals surface area contributed by atoms with Crippen LogP contribution in [0.5, 0.6) is 0 Å². The van der Waals surface area contributed by atoms with Gasteiger partial charge >= 0.3 is 0 Å². The molecule has 0 bridgehead atoms. The van der Waals surface area contributed by atoms with Crippen molar-refractivity contribution in [3.05, 3.63) is 22.4 Å². The Morgan fingerprint density at radius 2 is 2.60 bits per heavy atom. The van der Waals surface area contributed by atoms with Crippen LogP contribution >= 0.6 is 11.3 Å². The van der Waals surface area contributed by atoms with Crippen LogP contribution in [0.25, 0.3) is 0 Å². The Hall–Kier alpha value is -0.850. The quantitative estimate of drug-likeness (QED) is 0.573. The molecule has 0 amide bonds. The molecule has 3 heteroatoms. The van der Waals surface area contributed by atoms with E-state index in [1.807, 2.05) is 17.5 Å². The molecule has 2 heterocycles. The minimum atomic E-state index is -0.182. The molecule has 0 N–H and O–H groups in total. The molecule has 2 nitrogen and oxygen atoms in total. The van der Waals surface area contributed by atoms with Gasteiger partial charge in [0.25, 0.3) is 0 Å². The minimum absolute atomic E-state index is 0.0741. The van der Waals surface area contributed by atoms with Crippen molar-refractivity contribution < 1.29 is 4.74 Å². The molecule has 1 unspecified atom stereocenters. The highest BCUT2D eigenvalue weighted by Gasteiger charge is 2.40. The first-order chi connectivity index (χ1) is 4.92. The van der Waals surface area contributed by atoms with E-state index in [-0.39, 0.29) is 12.2 Å². The van der Waals surface area contributed by atoms with E-state index in [1.165, 1.54) is 0 Å². The van der Waals surface area contributed by atoms with Crippen molar-refractivity contribution in [3.63, 3.8) is 0 Å². The van der Waals surface area contributed by atoms with Crippen molar-refractivity contribution in [2.24, 2.45) is 0 Å². The second-order valence-electron chi connectivity index (χ2n) is 2.12. The molecule has 1 aromatic heterocycles. The standard InChI is InChI=1S/C7H5NOS/c8-4-5-7(9-5)6-2-1-3-10-6/h1-3,5,7H/t5?,7-/m0/s1. The van der Waals surface area contributed by atoms with Crippen molar-refractivity contribution >= 4 is 11.3 Å². The van der Waals surface area contributed by atoms with Crippen LogP contribution in [-0.2, 0) is 4.74 Å². The van der Waals surface area contributed by atoms with Gasteiger partial charge in [-0.05, 0) is 11.4 Å². The molecule has 50 valence electrons. The number of epoxide rings is 1. The van der Waals surface area contributed by atoms with E-state index in [0.717, 1.165) is 4.88 Å². The molecule has 0 radical (unpaired) electrons. The van der Waals surface area contributed by atoms with E-state index < -0.39 is 0 Å². The van der Waals surface area contributed by atoms with E-state index in [2.05, 4.69) is 6.07 Å². The van der Waals surface area contributed by atoms with Gasteiger partial charge in [-0.2, -0.15) is 5.26 Å². The number of ether oxygens (including phenoxy) is 1. The third-order valence-electron chi connectivity index (χ3n) is 1.44. The van der Waals surface area contributed by atoms with Gasteiger partial charge < -0.3 is 4.74 Å². The highest BCUT2D eigenvalue weighted by Crippen LogP contribution is 2.40. The van der Waals surface area contributed by atoms with Gasteiger partial charge in [0.15, 0.2) is 6.10 Å². The van der Waals surface area contributed by atoms with Crippen molar-refractivity contribution in [1.82, 2.24) is 0 Å². The summed E-state index contributed by atoms with van der Waals surface area (Å²) in [5.74, 6) is 0. The van der Waals surface area contributed by atoms with Crippen molar-refractivity contribution in [2.75, 3.05) is 0 Å². The summed E-state index contributed by atoms with van der Waals surface area (Å²) in [4.78, 5) is 1.16. The maximum atomic E-state index is 8.40. The van der Waals surface area contributed by atoms with E-state index in [9.17, 15) is 0 Å². The number of rotatable bonds is 1. The molecule has 1 fully saturated rings. The van der Waals surface area contributed by atoms with Gasteiger partial charge in [-0.25, -0.2) is 0 Å². The lowest BCUT2D eigenvalue weighted by atomic mass is 10.3. The zero-order chi connectivity index (χ0) is 6.97. The Labute approximate surface area is 62.7 Å². The van der Waals surface area contributed by atoms with Crippen LogP contribution in [0.1, 0.15) is 11.0 Å². The molecule has 10 heavy (non-hydrogen) atoms. The predicted molar refractivity (Wildman–Crippen MR) is 37.5 cm³/mol. The Balaban J connectivity index is 2.13. The first-order valence-corrected chi connectivity index (χ1v) is 3.88. The maximum Gasteiger partial charge on any atom is 0.175 e. The third kappa shape index (κ3) is 0.821. The molecule has 1 aliphatic rings. The molecule has 0 saturated carbocycles. The topological polar surface area (TPSA) is 36.3 Å². The molecule has 0 aliphatic carbocycles. The lowest BCUT2D eigenvalue weighted by Crippen LogP contribution is -1.78. The number of nitriles is 1. The fourth-order valence-corrected chi connectivity index (χ4v) is 1.66. The normalized spacial score (nSPS) is 29.5. The van der Waals surface area contributed by atoms with Gasteiger partial charge in [-0.1, -0.05) is 6.07 Å². The number of hydrogen-bond donors (Lipinski definition) is 0. The molecule has 2 rings (SSSR count). The smallest absolute Gasteiger partial charge is 0.175 e. The highest BCUT2D eigenvalue weighted by atomic mass is 32.1. The average Bonchev–Trinajstić information content (AvgIpc) is 2.56. The van der Waals surface area contributed by atoms with Crippen LogP contribution in [0.4, 0.5) is 0 Å². The molecule has 2 atom stereocenters. The molecule has 0 aromatic carbocycles. The van der Waals surface area contributed by atoms with Crippen LogP contribution in [0.2, 0.25) is 0 Å². The summed E-state index contributed by atoms with van der Waals surface area (Å²) in [5.41, 5.74) is 0. The molecule has 0 spiro atoms. The van der Waals surface area contributed by atoms with Crippen LogP contribution in [0.15, 0.2) is 17.5 Å². The van der Waals surface area contributed by atoms with E-state index in [4.69, 9.17) is 10.00 Å². The SMILES string of the molecule is N#CC1O[C@@H]1c1cccs1. The van der Waals surface area contributed by atoms with Gasteiger partial charge in [0.05, 0.1) is 6.07 Å². The fourth-order valence-electron chi connectivity index (χ4n) is 0.880. The zero-order valence-electron chi connectivity index (χ0n) is 5.15. The van der Waals surface area contributed by atoms with Crippen molar-refractivity contribution in [3.8, 4) is 6.07 Å². The van der Waals surface area contributed by atoms with Crippen LogP contribution in [0.3, 0.4) is 0 Å². The van der Waals surface area contributed by atoms with E-state index in [1.54, 1.807) is 11.3 Å². The largest absolute Gasteiger partial charge is 0.347 e. The Morgan fingerprint density at radius 3 is 3.10 bits per heavy atom. The third-order valence-corrected chi connectivity index (χ3v) is 2.38. The minimum Gasteiger partial charge on any atom is -0.347 e. The summed E-state index contributed by atoms with van der Waals surface area (Å²) in [6.45, 7) is 0. The zero-order valence-corrected chi connectivity index (χ0v) is 5.97. The summed E-state index contributed by atoms with van der Waals surface area (Å²) in [6, 6.07) is 6.02. The molecule has 1 aromatic rings. The van der Waals surface area contributed by atoms with E-state index >= 15 is 0 Å². The lowest BCUT2D eigenvalue weighted by Gasteiger charge is -1.80. The summed E-state index contributed by atoms with van der Waals surface area (Å²) in [6.07, 6.45) is -0.108. The van der Waals surface area contributed by atoms with Crippen LogP contribution in [0, 0.1) is 11.3 Å². The monoisotopic (exact) mass is 151 g/mol. The Bertz CT molecular complexity index is 262. The second-order valence-corrected chi connectivity index (χ2v) is 3.10. The number of thiophene rings is 1. The fraction of sp³-hybridized carbons (Fsp3) is 0.286. The van der Waals surface area contributed by atoms with Gasteiger partial charge in [0.2, 0.25) is 0 Å². The van der Waals surface area contributed by atoms with Crippen molar-refractivity contribution in [2.45, 2.75) is 12.2 Å². The predicted octanol–water partition coefficient (Wildman–Crippen LogP) is 1.71. The van der Waals surface area contributed by atoms with Crippen molar-refractivity contribution in [1.29, 1.82) is 5.26 Å². The van der Waals surface area contributed by atoms with Gasteiger partial charge in [-0.15, -0.1) is 11.3 Å².